The van der Waals surface area contributed by atoms with E-state index in [4.69, 9.17) is 0 Å². The molecule has 0 fully saturated rings. The first-order valence-electron chi connectivity index (χ1n) is 6.68. The molecule has 0 spiro atoms. The Bertz CT molecular complexity index is 375. The van der Waals surface area contributed by atoms with Crippen LogP contribution < -0.4 is 10.6 Å². The minimum atomic E-state index is -1.02. The summed E-state index contributed by atoms with van der Waals surface area (Å²) in [6.45, 7) is 6.91. The lowest BCUT2D eigenvalue weighted by molar-refractivity contribution is 0.0598. The average molecular weight is 284 g/mol. The predicted octanol–water partition coefficient (Wildman–Crippen LogP) is 2.69. The maximum atomic E-state index is 11.6. The summed E-state index contributed by atoms with van der Waals surface area (Å²) in [5, 5.41) is 19.5. The molecule has 1 aromatic heterocycles. The van der Waals surface area contributed by atoms with Crippen LogP contribution in [0, 0.1) is 5.92 Å². The molecular weight excluding hydrogens is 260 g/mol. The van der Waals surface area contributed by atoms with Gasteiger partial charge in [0.15, 0.2) is 0 Å². The molecule has 0 aliphatic heterocycles. The first-order chi connectivity index (χ1) is 8.92. The molecule has 1 heterocycles. The number of rotatable bonds is 7. The summed E-state index contributed by atoms with van der Waals surface area (Å²) in [6, 6.07) is 1.65. The van der Waals surface area contributed by atoms with Crippen molar-refractivity contribution >= 4 is 17.4 Å². The van der Waals surface area contributed by atoms with Gasteiger partial charge in [-0.1, -0.05) is 13.8 Å². The van der Waals surface area contributed by atoms with E-state index in [9.17, 15) is 9.90 Å². The number of carbonyl (C=O) groups excluding carboxylic acids is 1. The maximum absolute atomic E-state index is 11.6. The van der Waals surface area contributed by atoms with E-state index < -0.39 is 5.60 Å². The van der Waals surface area contributed by atoms with Crippen molar-refractivity contribution in [3.63, 3.8) is 0 Å². The molecular formula is C14H24N2O2S. The highest BCUT2D eigenvalue weighted by molar-refractivity contribution is 7.08. The van der Waals surface area contributed by atoms with E-state index in [0.717, 1.165) is 18.4 Å². The molecule has 4 nitrogen and oxygen atoms in total. The highest BCUT2D eigenvalue weighted by Gasteiger charge is 2.23. The SMILES string of the molecule is CC(C)CCCNC(=O)NCC(C)(O)c1ccsc1. The van der Waals surface area contributed by atoms with Gasteiger partial charge in [0, 0.05) is 6.54 Å². The quantitative estimate of drug-likeness (QED) is 0.674. The van der Waals surface area contributed by atoms with E-state index in [-0.39, 0.29) is 12.6 Å². The standard InChI is InChI=1S/C14H24N2O2S/c1-11(2)5-4-7-15-13(17)16-10-14(3,18)12-6-8-19-9-12/h6,8-9,11,18H,4-5,7,10H2,1-3H3,(H2,15,16,17). The Morgan fingerprint density at radius 3 is 2.79 bits per heavy atom. The minimum absolute atomic E-state index is 0.208. The predicted molar refractivity (Wildman–Crippen MR) is 79.4 cm³/mol. The molecule has 1 unspecified atom stereocenters. The molecule has 1 atom stereocenters. The molecule has 0 aromatic carbocycles. The van der Waals surface area contributed by atoms with Gasteiger partial charge in [0.05, 0.1) is 6.54 Å². The third-order valence-corrected chi connectivity index (χ3v) is 3.66. The Balaban J connectivity index is 2.23. The van der Waals surface area contributed by atoms with Crippen LogP contribution in [-0.2, 0) is 5.60 Å². The molecule has 0 aliphatic carbocycles. The zero-order chi connectivity index (χ0) is 14.3. The van der Waals surface area contributed by atoms with Crippen LogP contribution in [0.15, 0.2) is 16.8 Å². The Labute approximate surface area is 119 Å². The van der Waals surface area contributed by atoms with Crippen molar-refractivity contribution in [3.8, 4) is 0 Å². The van der Waals surface area contributed by atoms with Crippen LogP contribution >= 0.6 is 11.3 Å². The molecule has 0 saturated heterocycles. The van der Waals surface area contributed by atoms with E-state index in [1.165, 1.54) is 11.3 Å². The van der Waals surface area contributed by atoms with E-state index in [2.05, 4.69) is 24.5 Å². The summed E-state index contributed by atoms with van der Waals surface area (Å²) < 4.78 is 0. The van der Waals surface area contributed by atoms with Crippen LogP contribution in [0.5, 0.6) is 0 Å². The van der Waals surface area contributed by atoms with Gasteiger partial charge in [-0.15, -0.1) is 0 Å². The fourth-order valence-electron chi connectivity index (χ4n) is 1.70. The molecule has 0 aliphatic rings. The van der Waals surface area contributed by atoms with Crippen molar-refractivity contribution in [1.82, 2.24) is 10.6 Å². The van der Waals surface area contributed by atoms with Gasteiger partial charge < -0.3 is 15.7 Å². The lowest BCUT2D eigenvalue weighted by Crippen LogP contribution is -2.43. The maximum Gasteiger partial charge on any atom is 0.314 e. The molecule has 0 bridgehead atoms. The number of aliphatic hydroxyl groups is 1. The number of hydrogen-bond donors (Lipinski definition) is 3. The Kier molecular flexibility index (Phi) is 6.31. The Morgan fingerprint density at radius 1 is 1.47 bits per heavy atom. The molecule has 5 heteroatoms. The molecule has 0 saturated carbocycles. The molecule has 1 rings (SSSR count). The van der Waals surface area contributed by atoms with E-state index in [1.54, 1.807) is 6.92 Å². The van der Waals surface area contributed by atoms with Gasteiger partial charge in [0.1, 0.15) is 5.60 Å². The second-order valence-electron chi connectivity index (χ2n) is 5.43. The van der Waals surface area contributed by atoms with E-state index in [0.29, 0.717) is 12.5 Å². The lowest BCUT2D eigenvalue weighted by Gasteiger charge is -2.22. The number of amides is 2. The van der Waals surface area contributed by atoms with Gasteiger partial charge in [0.2, 0.25) is 0 Å². The van der Waals surface area contributed by atoms with Crippen molar-refractivity contribution in [2.75, 3.05) is 13.1 Å². The summed E-state index contributed by atoms with van der Waals surface area (Å²) in [6.07, 6.45) is 2.08. The lowest BCUT2D eigenvalue weighted by atomic mass is 9.99. The van der Waals surface area contributed by atoms with Gasteiger partial charge in [-0.3, -0.25) is 0 Å². The zero-order valence-corrected chi connectivity index (χ0v) is 12.7. The summed E-state index contributed by atoms with van der Waals surface area (Å²) in [5.41, 5.74) is -0.187. The van der Waals surface area contributed by atoms with Crippen molar-refractivity contribution < 1.29 is 9.90 Å². The summed E-state index contributed by atoms with van der Waals surface area (Å²) in [7, 11) is 0. The number of hydrogen-bond acceptors (Lipinski definition) is 3. The summed E-state index contributed by atoms with van der Waals surface area (Å²) in [5.74, 6) is 0.657. The molecule has 1 aromatic rings. The van der Waals surface area contributed by atoms with Crippen LogP contribution in [0.3, 0.4) is 0 Å². The van der Waals surface area contributed by atoms with E-state index >= 15 is 0 Å². The minimum Gasteiger partial charge on any atom is -0.384 e. The summed E-state index contributed by atoms with van der Waals surface area (Å²) >= 11 is 1.53. The van der Waals surface area contributed by atoms with Crippen LogP contribution in [0.2, 0.25) is 0 Å². The molecule has 108 valence electrons. The Morgan fingerprint density at radius 2 is 2.21 bits per heavy atom. The van der Waals surface area contributed by atoms with Crippen LogP contribution in [-0.4, -0.2) is 24.2 Å². The molecule has 2 amide bonds. The molecule has 3 N–H and O–H groups in total. The molecule has 0 radical (unpaired) electrons. The van der Waals surface area contributed by atoms with Crippen molar-refractivity contribution in [2.45, 2.75) is 39.2 Å². The highest BCUT2D eigenvalue weighted by atomic mass is 32.1. The first-order valence-corrected chi connectivity index (χ1v) is 7.63. The second-order valence-corrected chi connectivity index (χ2v) is 6.21. The average Bonchev–Trinajstić information content (AvgIpc) is 2.86. The van der Waals surface area contributed by atoms with Crippen molar-refractivity contribution in [3.05, 3.63) is 22.4 Å². The number of nitrogens with one attached hydrogen (secondary N) is 2. The number of carbonyl (C=O) groups is 1. The topological polar surface area (TPSA) is 61.4 Å². The van der Waals surface area contributed by atoms with E-state index in [1.807, 2.05) is 16.8 Å². The van der Waals surface area contributed by atoms with Crippen LogP contribution in [0.4, 0.5) is 4.79 Å². The number of urea groups is 1. The second kappa shape index (κ2) is 7.50. The van der Waals surface area contributed by atoms with Gasteiger partial charge in [-0.05, 0) is 48.1 Å². The zero-order valence-electron chi connectivity index (χ0n) is 11.9. The highest BCUT2D eigenvalue weighted by Crippen LogP contribution is 2.21. The van der Waals surface area contributed by atoms with Gasteiger partial charge in [-0.25, -0.2) is 4.79 Å². The molecule has 19 heavy (non-hydrogen) atoms. The third kappa shape index (κ3) is 6.07. The van der Waals surface area contributed by atoms with Gasteiger partial charge in [-0.2, -0.15) is 11.3 Å². The Hall–Kier alpha value is -1.07. The fraction of sp³-hybridized carbons (Fsp3) is 0.643. The van der Waals surface area contributed by atoms with Crippen molar-refractivity contribution in [2.24, 2.45) is 5.92 Å². The fourth-order valence-corrected chi connectivity index (χ4v) is 2.48. The largest absolute Gasteiger partial charge is 0.384 e. The van der Waals surface area contributed by atoms with Gasteiger partial charge in [0.25, 0.3) is 0 Å². The third-order valence-electron chi connectivity index (χ3n) is 2.98. The monoisotopic (exact) mass is 284 g/mol. The van der Waals surface area contributed by atoms with Crippen LogP contribution in [0.25, 0.3) is 0 Å². The number of thiophene rings is 1. The van der Waals surface area contributed by atoms with Crippen molar-refractivity contribution in [1.29, 1.82) is 0 Å². The van der Waals surface area contributed by atoms with Crippen LogP contribution in [0.1, 0.15) is 39.2 Å². The summed E-state index contributed by atoms with van der Waals surface area (Å²) in [4.78, 5) is 11.6. The van der Waals surface area contributed by atoms with Gasteiger partial charge >= 0.3 is 6.03 Å². The smallest absolute Gasteiger partial charge is 0.314 e. The normalized spacial score (nSPS) is 14.2. The first kappa shape index (κ1) is 16.0.